The van der Waals surface area contributed by atoms with Crippen molar-refractivity contribution in [1.82, 2.24) is 14.9 Å². The molecule has 1 N–H and O–H groups in total. The zero-order chi connectivity index (χ0) is 16.4. The molecule has 1 unspecified atom stereocenters. The predicted octanol–water partition coefficient (Wildman–Crippen LogP) is 3.21. The lowest BCUT2D eigenvalue weighted by atomic mass is 10.0. The van der Waals surface area contributed by atoms with Gasteiger partial charge in [-0.05, 0) is 5.56 Å². The standard InChI is InChI=1S/C15H14F3N3O2/c16-15(17,18)13-12-11(19-9-20-12)6-7-21(13)14(22)23-8-10-4-2-1-3-5-10/h1-5,9,13H,6-8H2,(H,19,20). The molecule has 5 nitrogen and oxygen atoms in total. The van der Waals surface area contributed by atoms with E-state index >= 15 is 0 Å². The fourth-order valence-electron chi connectivity index (χ4n) is 2.61. The van der Waals surface area contributed by atoms with Crippen LogP contribution in [0.3, 0.4) is 0 Å². The Balaban J connectivity index is 1.77. The number of halogens is 3. The summed E-state index contributed by atoms with van der Waals surface area (Å²) in [7, 11) is 0. The van der Waals surface area contributed by atoms with E-state index in [1.54, 1.807) is 30.3 Å². The summed E-state index contributed by atoms with van der Waals surface area (Å²) < 4.78 is 45.1. The number of carbonyl (C=O) groups excluding carboxylic acids is 1. The number of carbonyl (C=O) groups is 1. The zero-order valence-electron chi connectivity index (χ0n) is 12.0. The van der Waals surface area contributed by atoms with Crippen molar-refractivity contribution in [2.75, 3.05) is 6.54 Å². The molecular formula is C15H14F3N3O2. The smallest absolute Gasteiger partial charge is 0.414 e. The number of imidazole rings is 1. The third kappa shape index (κ3) is 3.15. The van der Waals surface area contributed by atoms with Crippen molar-refractivity contribution < 1.29 is 22.7 Å². The van der Waals surface area contributed by atoms with Crippen molar-refractivity contribution in [3.8, 4) is 0 Å². The minimum atomic E-state index is -4.61. The van der Waals surface area contributed by atoms with Gasteiger partial charge >= 0.3 is 12.3 Å². The molecule has 23 heavy (non-hydrogen) atoms. The molecule has 1 aliphatic heterocycles. The van der Waals surface area contributed by atoms with Crippen molar-refractivity contribution in [1.29, 1.82) is 0 Å². The molecule has 1 aromatic heterocycles. The number of hydrogen-bond acceptors (Lipinski definition) is 3. The number of benzene rings is 1. The van der Waals surface area contributed by atoms with E-state index in [2.05, 4.69) is 9.97 Å². The number of aromatic nitrogens is 2. The highest BCUT2D eigenvalue weighted by molar-refractivity contribution is 5.69. The fourth-order valence-corrected chi connectivity index (χ4v) is 2.61. The molecule has 0 radical (unpaired) electrons. The van der Waals surface area contributed by atoms with Crippen molar-refractivity contribution >= 4 is 6.09 Å². The van der Waals surface area contributed by atoms with Crippen LogP contribution in [0, 0.1) is 0 Å². The second kappa shape index (κ2) is 5.94. The highest BCUT2D eigenvalue weighted by Crippen LogP contribution is 2.40. The molecule has 0 bridgehead atoms. The van der Waals surface area contributed by atoms with Gasteiger partial charge in [0, 0.05) is 18.7 Å². The van der Waals surface area contributed by atoms with E-state index in [1.165, 1.54) is 6.33 Å². The average Bonchev–Trinajstić information content (AvgIpc) is 3.00. The van der Waals surface area contributed by atoms with Crippen molar-refractivity contribution in [2.45, 2.75) is 25.2 Å². The second-order valence-electron chi connectivity index (χ2n) is 5.19. The van der Waals surface area contributed by atoms with E-state index in [-0.39, 0.29) is 25.3 Å². The van der Waals surface area contributed by atoms with Gasteiger partial charge < -0.3 is 9.72 Å². The van der Waals surface area contributed by atoms with Gasteiger partial charge in [-0.2, -0.15) is 13.2 Å². The Bertz CT molecular complexity index is 685. The van der Waals surface area contributed by atoms with Crippen LogP contribution in [-0.2, 0) is 17.8 Å². The molecule has 8 heteroatoms. The number of hydrogen-bond donors (Lipinski definition) is 1. The molecule has 1 amide bonds. The molecule has 0 fully saturated rings. The maximum atomic E-state index is 13.4. The van der Waals surface area contributed by atoms with Crippen molar-refractivity contribution in [2.24, 2.45) is 0 Å². The van der Waals surface area contributed by atoms with Crippen molar-refractivity contribution in [3.63, 3.8) is 0 Å². The molecule has 0 aliphatic carbocycles. The molecule has 1 aromatic carbocycles. The largest absolute Gasteiger partial charge is 0.445 e. The predicted molar refractivity (Wildman–Crippen MR) is 74.4 cm³/mol. The lowest BCUT2D eigenvalue weighted by molar-refractivity contribution is -0.184. The van der Waals surface area contributed by atoms with E-state index in [4.69, 9.17) is 4.74 Å². The van der Waals surface area contributed by atoms with Crippen LogP contribution in [0.4, 0.5) is 18.0 Å². The molecule has 0 spiro atoms. The van der Waals surface area contributed by atoms with Gasteiger partial charge in [0.25, 0.3) is 0 Å². The Hall–Kier alpha value is -2.51. The van der Waals surface area contributed by atoms with Crippen molar-refractivity contribution in [3.05, 3.63) is 53.6 Å². The first-order valence-corrected chi connectivity index (χ1v) is 7.03. The number of rotatable bonds is 2. The summed E-state index contributed by atoms with van der Waals surface area (Å²) in [4.78, 5) is 19.2. The van der Waals surface area contributed by atoms with E-state index in [1.807, 2.05) is 0 Å². The Labute approximate surface area is 130 Å². The van der Waals surface area contributed by atoms with Crippen LogP contribution in [0.1, 0.15) is 23.0 Å². The Kier molecular flexibility index (Phi) is 3.97. The lowest BCUT2D eigenvalue weighted by Crippen LogP contribution is -2.46. The number of nitrogens with zero attached hydrogens (tertiary/aromatic N) is 2. The summed E-state index contributed by atoms with van der Waals surface area (Å²) in [5.74, 6) is 0. The average molecular weight is 325 g/mol. The number of aromatic amines is 1. The first-order valence-electron chi connectivity index (χ1n) is 7.03. The Morgan fingerprint density at radius 2 is 2.09 bits per heavy atom. The molecule has 0 saturated heterocycles. The van der Waals surface area contributed by atoms with Gasteiger partial charge in [-0.1, -0.05) is 30.3 Å². The van der Waals surface area contributed by atoms with Crippen LogP contribution < -0.4 is 0 Å². The first kappa shape index (κ1) is 15.4. The van der Waals surface area contributed by atoms with Crippen LogP contribution in [0.15, 0.2) is 36.7 Å². The normalized spacial score (nSPS) is 17.7. The van der Waals surface area contributed by atoms with E-state index in [9.17, 15) is 18.0 Å². The monoisotopic (exact) mass is 325 g/mol. The van der Waals surface area contributed by atoms with E-state index in [0.717, 1.165) is 0 Å². The second-order valence-corrected chi connectivity index (χ2v) is 5.19. The quantitative estimate of drug-likeness (QED) is 0.922. The summed E-state index contributed by atoms with van der Waals surface area (Å²) in [6.07, 6.45) is -4.12. The van der Waals surface area contributed by atoms with Gasteiger partial charge in [0.2, 0.25) is 0 Å². The van der Waals surface area contributed by atoms with Crippen LogP contribution in [0.5, 0.6) is 0 Å². The minimum absolute atomic E-state index is 0.0752. The Morgan fingerprint density at radius 1 is 1.35 bits per heavy atom. The van der Waals surface area contributed by atoms with E-state index < -0.39 is 18.3 Å². The van der Waals surface area contributed by atoms with Gasteiger partial charge in [0.1, 0.15) is 6.61 Å². The van der Waals surface area contributed by atoms with Gasteiger partial charge in [-0.15, -0.1) is 0 Å². The molecule has 1 aliphatic rings. The fraction of sp³-hybridized carbons (Fsp3) is 0.333. The van der Waals surface area contributed by atoms with Crippen LogP contribution in [-0.4, -0.2) is 33.7 Å². The van der Waals surface area contributed by atoms with Gasteiger partial charge in [-0.3, -0.25) is 4.90 Å². The number of ether oxygens (including phenoxy) is 1. The minimum Gasteiger partial charge on any atom is -0.445 e. The third-order valence-electron chi connectivity index (χ3n) is 3.67. The number of fused-ring (bicyclic) bond motifs is 1. The zero-order valence-corrected chi connectivity index (χ0v) is 12.0. The van der Waals surface area contributed by atoms with Gasteiger partial charge in [0.05, 0.1) is 12.0 Å². The maximum absolute atomic E-state index is 13.4. The SMILES string of the molecule is O=C(OCc1ccccc1)N1CCc2[nH]cnc2C1C(F)(F)F. The summed E-state index contributed by atoms with van der Waals surface area (Å²) in [6, 6.07) is 6.71. The molecule has 3 rings (SSSR count). The third-order valence-corrected chi connectivity index (χ3v) is 3.67. The molecule has 2 heterocycles. The van der Waals surface area contributed by atoms with E-state index in [0.29, 0.717) is 16.2 Å². The molecule has 122 valence electrons. The molecule has 2 aromatic rings. The summed E-state index contributed by atoms with van der Waals surface area (Å²) in [5, 5.41) is 0. The van der Waals surface area contributed by atoms with Gasteiger partial charge in [0.15, 0.2) is 6.04 Å². The summed E-state index contributed by atoms with van der Waals surface area (Å²) in [6.45, 7) is -0.152. The topological polar surface area (TPSA) is 58.2 Å². The maximum Gasteiger partial charge on any atom is 0.414 e. The number of H-pyrrole nitrogens is 1. The summed E-state index contributed by atoms with van der Waals surface area (Å²) in [5.41, 5.74) is 0.946. The lowest BCUT2D eigenvalue weighted by Gasteiger charge is -2.35. The van der Waals surface area contributed by atoms with Crippen LogP contribution in [0.25, 0.3) is 0 Å². The molecular weight excluding hydrogens is 311 g/mol. The Morgan fingerprint density at radius 3 is 2.78 bits per heavy atom. The molecule has 1 atom stereocenters. The van der Waals surface area contributed by atoms with Crippen LogP contribution >= 0.6 is 0 Å². The highest BCUT2D eigenvalue weighted by Gasteiger charge is 2.51. The van der Waals surface area contributed by atoms with Crippen LogP contribution in [0.2, 0.25) is 0 Å². The number of amides is 1. The first-order chi connectivity index (χ1) is 11.0. The van der Waals surface area contributed by atoms with Gasteiger partial charge in [-0.25, -0.2) is 9.78 Å². The highest BCUT2D eigenvalue weighted by atomic mass is 19.4. The molecule has 0 saturated carbocycles. The number of nitrogens with one attached hydrogen (secondary N) is 1. The summed E-state index contributed by atoms with van der Waals surface area (Å²) >= 11 is 0. The number of alkyl halides is 3.